The normalized spacial score (nSPS) is 11.7. The molecule has 7 nitrogen and oxygen atoms in total. The number of guanidine groups is 1. The maximum Gasteiger partial charge on any atom is 0.228 e. The predicted octanol–water partition coefficient (Wildman–Crippen LogP) is 3.69. The SMILES string of the molecule is CCNC(=NCc1nc(C(C)C)cs1)NCCc1nc(C(C)C)no1.I. The Morgan fingerprint density at radius 2 is 1.96 bits per heavy atom. The summed E-state index contributed by atoms with van der Waals surface area (Å²) < 4.78 is 5.25. The fraction of sp³-hybridized carbons (Fsp3) is 0.647. The van der Waals surface area contributed by atoms with Crippen LogP contribution in [0, 0.1) is 0 Å². The molecule has 0 saturated heterocycles. The van der Waals surface area contributed by atoms with Crippen LogP contribution in [0.15, 0.2) is 14.9 Å². The minimum Gasteiger partial charge on any atom is -0.357 e. The highest BCUT2D eigenvalue weighted by Crippen LogP contribution is 2.18. The lowest BCUT2D eigenvalue weighted by molar-refractivity contribution is 0.371. The molecular formula is C17H29IN6OS. The maximum atomic E-state index is 5.25. The molecule has 0 unspecified atom stereocenters. The zero-order valence-electron chi connectivity index (χ0n) is 16.1. The van der Waals surface area contributed by atoms with Crippen LogP contribution in [0.25, 0.3) is 0 Å². The van der Waals surface area contributed by atoms with Crippen molar-refractivity contribution in [2.24, 2.45) is 4.99 Å². The van der Waals surface area contributed by atoms with Crippen LogP contribution >= 0.6 is 35.3 Å². The van der Waals surface area contributed by atoms with Gasteiger partial charge in [0, 0.05) is 30.8 Å². The summed E-state index contributed by atoms with van der Waals surface area (Å²) in [6.45, 7) is 12.5. The number of hydrogen-bond donors (Lipinski definition) is 2. The molecule has 0 radical (unpaired) electrons. The molecule has 2 heterocycles. The number of rotatable bonds is 8. The molecule has 2 aromatic rings. The highest BCUT2D eigenvalue weighted by molar-refractivity contribution is 14.0. The third kappa shape index (κ3) is 7.18. The number of aliphatic imine (C=N–C) groups is 1. The Hall–Kier alpha value is -1.23. The smallest absolute Gasteiger partial charge is 0.228 e. The molecular weight excluding hydrogens is 463 g/mol. The van der Waals surface area contributed by atoms with Crippen LogP contribution in [0.4, 0.5) is 0 Å². The molecule has 0 atom stereocenters. The van der Waals surface area contributed by atoms with Gasteiger partial charge in [-0.05, 0) is 12.8 Å². The Balaban J connectivity index is 0.00000338. The van der Waals surface area contributed by atoms with Gasteiger partial charge in [0.05, 0.1) is 12.2 Å². The summed E-state index contributed by atoms with van der Waals surface area (Å²) >= 11 is 1.66. The van der Waals surface area contributed by atoms with Crippen LogP contribution in [-0.2, 0) is 13.0 Å². The predicted molar refractivity (Wildman–Crippen MR) is 117 cm³/mol. The van der Waals surface area contributed by atoms with Crippen molar-refractivity contribution in [1.29, 1.82) is 0 Å². The fourth-order valence-corrected chi connectivity index (χ4v) is 2.92. The molecule has 0 bridgehead atoms. The van der Waals surface area contributed by atoms with Crippen LogP contribution in [0.2, 0.25) is 0 Å². The van der Waals surface area contributed by atoms with Crippen molar-refractivity contribution in [2.75, 3.05) is 13.1 Å². The van der Waals surface area contributed by atoms with E-state index in [1.54, 1.807) is 11.3 Å². The van der Waals surface area contributed by atoms with Crippen molar-refractivity contribution in [3.8, 4) is 0 Å². The molecule has 2 rings (SSSR count). The van der Waals surface area contributed by atoms with E-state index >= 15 is 0 Å². The number of aromatic nitrogens is 3. The lowest BCUT2D eigenvalue weighted by Gasteiger charge is -2.09. The van der Waals surface area contributed by atoms with Gasteiger partial charge >= 0.3 is 0 Å². The van der Waals surface area contributed by atoms with E-state index in [4.69, 9.17) is 4.52 Å². The summed E-state index contributed by atoms with van der Waals surface area (Å²) in [5, 5.41) is 13.6. The Morgan fingerprint density at radius 1 is 1.19 bits per heavy atom. The average molecular weight is 492 g/mol. The Bertz CT molecular complexity index is 682. The van der Waals surface area contributed by atoms with Crippen molar-refractivity contribution < 1.29 is 4.52 Å². The number of nitrogens with zero attached hydrogens (tertiary/aromatic N) is 4. The molecule has 0 saturated carbocycles. The van der Waals surface area contributed by atoms with Gasteiger partial charge in [0.25, 0.3) is 0 Å². The zero-order chi connectivity index (χ0) is 18.2. The topological polar surface area (TPSA) is 88.2 Å². The van der Waals surface area contributed by atoms with E-state index in [9.17, 15) is 0 Å². The highest BCUT2D eigenvalue weighted by Gasteiger charge is 2.10. The second-order valence-electron chi connectivity index (χ2n) is 6.39. The summed E-state index contributed by atoms with van der Waals surface area (Å²) in [4.78, 5) is 13.6. The molecule has 0 fully saturated rings. The second-order valence-corrected chi connectivity index (χ2v) is 7.34. The van der Waals surface area contributed by atoms with Gasteiger partial charge in [-0.15, -0.1) is 35.3 Å². The van der Waals surface area contributed by atoms with E-state index in [1.165, 1.54) is 0 Å². The Morgan fingerprint density at radius 3 is 2.54 bits per heavy atom. The molecule has 9 heteroatoms. The van der Waals surface area contributed by atoms with Gasteiger partial charge in [0.1, 0.15) is 5.01 Å². The third-order valence-corrected chi connectivity index (χ3v) is 4.36. The summed E-state index contributed by atoms with van der Waals surface area (Å²) in [6.07, 6.45) is 0.666. The standard InChI is InChI=1S/C17H28N6OS.HI/c1-6-18-17(20-9-15-21-13(10-25-15)11(2)3)19-8-7-14-22-16(12(4)5)23-24-14;/h10-12H,6-9H2,1-5H3,(H2,18,19,20);1H. The summed E-state index contributed by atoms with van der Waals surface area (Å²) in [5.41, 5.74) is 1.13. The highest BCUT2D eigenvalue weighted by atomic mass is 127. The van der Waals surface area contributed by atoms with Crippen molar-refractivity contribution in [3.05, 3.63) is 27.8 Å². The van der Waals surface area contributed by atoms with E-state index in [-0.39, 0.29) is 29.9 Å². The van der Waals surface area contributed by atoms with E-state index in [0.717, 1.165) is 29.0 Å². The molecule has 0 amide bonds. The van der Waals surface area contributed by atoms with Gasteiger partial charge in [-0.3, -0.25) is 0 Å². The number of halogens is 1. The molecule has 146 valence electrons. The lowest BCUT2D eigenvalue weighted by atomic mass is 10.2. The first-order chi connectivity index (χ1) is 12.0. The fourth-order valence-electron chi connectivity index (χ4n) is 2.04. The lowest BCUT2D eigenvalue weighted by Crippen LogP contribution is -2.38. The maximum absolute atomic E-state index is 5.25. The number of hydrogen-bond acceptors (Lipinski definition) is 6. The minimum absolute atomic E-state index is 0. The molecule has 2 aromatic heterocycles. The number of thiazole rings is 1. The molecule has 0 aliphatic rings. The van der Waals surface area contributed by atoms with Crippen molar-refractivity contribution in [1.82, 2.24) is 25.8 Å². The largest absolute Gasteiger partial charge is 0.357 e. The van der Waals surface area contributed by atoms with E-state index < -0.39 is 0 Å². The molecule has 2 N–H and O–H groups in total. The van der Waals surface area contributed by atoms with Gasteiger partial charge in [0.2, 0.25) is 5.89 Å². The van der Waals surface area contributed by atoms with Crippen molar-refractivity contribution in [3.63, 3.8) is 0 Å². The summed E-state index contributed by atoms with van der Waals surface area (Å²) in [5.74, 6) is 2.89. The first-order valence-electron chi connectivity index (χ1n) is 8.78. The van der Waals surface area contributed by atoms with E-state index in [2.05, 4.69) is 50.0 Å². The quantitative estimate of drug-likeness (QED) is 0.332. The van der Waals surface area contributed by atoms with Crippen LogP contribution in [0.3, 0.4) is 0 Å². The molecule has 26 heavy (non-hydrogen) atoms. The molecule has 0 aliphatic carbocycles. The van der Waals surface area contributed by atoms with E-state index in [0.29, 0.717) is 31.3 Å². The van der Waals surface area contributed by atoms with Crippen LogP contribution in [0.5, 0.6) is 0 Å². The monoisotopic (exact) mass is 492 g/mol. The van der Waals surface area contributed by atoms with Gasteiger partial charge in [-0.1, -0.05) is 32.9 Å². The van der Waals surface area contributed by atoms with Crippen molar-refractivity contribution >= 4 is 41.3 Å². The number of nitrogens with one attached hydrogen (secondary N) is 2. The first kappa shape index (κ1) is 22.8. The third-order valence-electron chi connectivity index (χ3n) is 3.51. The molecule has 0 aromatic carbocycles. The summed E-state index contributed by atoms with van der Waals surface area (Å²) in [7, 11) is 0. The van der Waals surface area contributed by atoms with Crippen LogP contribution in [0.1, 0.15) is 68.9 Å². The van der Waals surface area contributed by atoms with Gasteiger partial charge in [-0.25, -0.2) is 9.98 Å². The summed E-state index contributed by atoms with van der Waals surface area (Å²) in [6, 6.07) is 0. The molecule has 0 aliphatic heterocycles. The zero-order valence-corrected chi connectivity index (χ0v) is 19.2. The van der Waals surface area contributed by atoms with Crippen LogP contribution in [-0.4, -0.2) is 34.2 Å². The van der Waals surface area contributed by atoms with Gasteiger partial charge in [0.15, 0.2) is 11.8 Å². The van der Waals surface area contributed by atoms with Crippen molar-refractivity contribution in [2.45, 2.75) is 59.4 Å². The Labute approximate surface area is 176 Å². The van der Waals surface area contributed by atoms with Gasteiger partial charge < -0.3 is 15.2 Å². The Kier molecular flexibility index (Phi) is 10.1. The van der Waals surface area contributed by atoms with Gasteiger partial charge in [-0.2, -0.15) is 4.98 Å². The van der Waals surface area contributed by atoms with Crippen LogP contribution < -0.4 is 10.6 Å². The molecule has 0 spiro atoms. The average Bonchev–Trinajstić information content (AvgIpc) is 3.22. The second kappa shape index (κ2) is 11.5. The first-order valence-corrected chi connectivity index (χ1v) is 9.66. The minimum atomic E-state index is 0. The van der Waals surface area contributed by atoms with E-state index in [1.807, 2.05) is 20.8 Å².